The number of carbonyl (C=O) groups excluding carboxylic acids is 1. The monoisotopic (exact) mass is 260 g/mol. The molecule has 1 aliphatic rings. The lowest BCUT2D eigenvalue weighted by Crippen LogP contribution is -2.38. The van der Waals surface area contributed by atoms with Gasteiger partial charge in [-0.25, -0.2) is 4.79 Å². The molecule has 0 spiro atoms. The highest BCUT2D eigenvalue weighted by atomic mass is 16.7. The van der Waals surface area contributed by atoms with Crippen LogP contribution in [-0.2, 0) is 14.0 Å². The van der Waals surface area contributed by atoms with Crippen LogP contribution in [-0.4, -0.2) is 25.3 Å². The van der Waals surface area contributed by atoms with Gasteiger partial charge >= 0.3 is 13.1 Å². The van der Waals surface area contributed by atoms with Crippen LogP contribution in [0.4, 0.5) is 0 Å². The van der Waals surface area contributed by atoms with Crippen molar-refractivity contribution >= 4 is 18.6 Å². The molecule has 4 nitrogen and oxygen atoms in total. The molecule has 0 atom stereocenters. The third-order valence-corrected chi connectivity index (χ3v) is 3.03. The highest BCUT2D eigenvalue weighted by Crippen LogP contribution is 2.29. The van der Waals surface area contributed by atoms with E-state index in [0.717, 1.165) is 0 Å². The van der Waals surface area contributed by atoms with Gasteiger partial charge in [0.2, 0.25) is 0 Å². The number of ether oxygens (including phenoxy) is 1. The average molecular weight is 260 g/mol. The van der Waals surface area contributed by atoms with E-state index in [4.69, 9.17) is 14.0 Å². The standard InChI is InChI=1S/C14H17BO4/c1-5-17-13(16)11-8-6-7-9-12(11)15-18-10(2)14(3,4)19-15/h6-9H,2,5H2,1,3-4H3. The van der Waals surface area contributed by atoms with Gasteiger partial charge in [-0.1, -0.05) is 24.8 Å². The van der Waals surface area contributed by atoms with Gasteiger partial charge in [0.25, 0.3) is 0 Å². The second kappa shape index (κ2) is 5.09. The summed E-state index contributed by atoms with van der Waals surface area (Å²) in [5.41, 5.74) is 0.555. The fourth-order valence-electron chi connectivity index (χ4n) is 1.85. The largest absolute Gasteiger partial charge is 0.564 e. The zero-order valence-corrected chi connectivity index (χ0v) is 11.4. The van der Waals surface area contributed by atoms with Crippen LogP contribution in [0.25, 0.3) is 0 Å². The summed E-state index contributed by atoms with van der Waals surface area (Å²) in [7, 11) is -0.622. The van der Waals surface area contributed by atoms with Crippen LogP contribution in [0.1, 0.15) is 31.1 Å². The summed E-state index contributed by atoms with van der Waals surface area (Å²) in [5.74, 6) is 0.178. The summed E-state index contributed by atoms with van der Waals surface area (Å²) >= 11 is 0. The van der Waals surface area contributed by atoms with E-state index in [1.807, 2.05) is 19.9 Å². The third kappa shape index (κ3) is 2.66. The van der Waals surface area contributed by atoms with Crippen molar-refractivity contribution in [3.63, 3.8) is 0 Å². The maximum absolute atomic E-state index is 11.9. The van der Waals surface area contributed by atoms with Crippen LogP contribution in [0, 0.1) is 0 Å². The molecule has 5 heteroatoms. The molecule has 0 aromatic heterocycles. The Labute approximate surface area is 113 Å². The molecule has 100 valence electrons. The number of hydrogen-bond acceptors (Lipinski definition) is 4. The number of carbonyl (C=O) groups is 1. The molecule has 1 heterocycles. The molecule has 2 rings (SSSR count). The van der Waals surface area contributed by atoms with Crippen molar-refractivity contribution in [1.29, 1.82) is 0 Å². The van der Waals surface area contributed by atoms with Gasteiger partial charge in [0.15, 0.2) is 0 Å². The summed E-state index contributed by atoms with van der Waals surface area (Å²) in [6, 6.07) is 7.11. The molecule has 1 aliphatic heterocycles. The lowest BCUT2D eigenvalue weighted by Gasteiger charge is -2.15. The Kier molecular flexibility index (Phi) is 3.67. The smallest absolute Gasteiger partial charge is 0.534 e. The van der Waals surface area contributed by atoms with E-state index in [1.54, 1.807) is 25.1 Å². The van der Waals surface area contributed by atoms with E-state index < -0.39 is 12.7 Å². The predicted molar refractivity (Wildman–Crippen MR) is 73.2 cm³/mol. The highest BCUT2D eigenvalue weighted by Gasteiger charge is 2.44. The molecular formula is C14H17BO4. The average Bonchev–Trinajstić information content (AvgIpc) is 2.64. The van der Waals surface area contributed by atoms with Crippen LogP contribution < -0.4 is 5.46 Å². The second-order valence-corrected chi connectivity index (χ2v) is 4.81. The third-order valence-electron chi connectivity index (χ3n) is 3.03. The second-order valence-electron chi connectivity index (χ2n) is 4.81. The molecule has 0 aliphatic carbocycles. The van der Waals surface area contributed by atoms with Crippen LogP contribution in [0.15, 0.2) is 36.6 Å². The minimum atomic E-state index is -0.622. The fourth-order valence-corrected chi connectivity index (χ4v) is 1.85. The van der Waals surface area contributed by atoms with Crippen molar-refractivity contribution in [2.24, 2.45) is 0 Å². The van der Waals surface area contributed by atoms with Crippen LogP contribution in [0.2, 0.25) is 0 Å². The Morgan fingerprint density at radius 2 is 2.11 bits per heavy atom. The quantitative estimate of drug-likeness (QED) is 0.615. The molecule has 0 amide bonds. The van der Waals surface area contributed by atoms with Crippen molar-refractivity contribution in [3.8, 4) is 0 Å². The van der Waals surface area contributed by atoms with Gasteiger partial charge in [-0.15, -0.1) is 0 Å². The number of rotatable bonds is 3. The Morgan fingerprint density at radius 3 is 2.68 bits per heavy atom. The van der Waals surface area contributed by atoms with E-state index >= 15 is 0 Å². The van der Waals surface area contributed by atoms with Crippen molar-refractivity contribution in [1.82, 2.24) is 0 Å². The maximum atomic E-state index is 11.9. The number of esters is 1. The molecule has 19 heavy (non-hydrogen) atoms. The predicted octanol–water partition coefficient (Wildman–Crippen LogP) is 1.90. The molecule has 0 unspecified atom stereocenters. The summed E-state index contributed by atoms with van der Waals surface area (Å²) in [6.45, 7) is 9.69. The molecule has 1 saturated heterocycles. The maximum Gasteiger partial charge on any atom is 0.564 e. The van der Waals surface area contributed by atoms with E-state index in [1.165, 1.54) is 0 Å². The first kappa shape index (κ1) is 13.7. The summed E-state index contributed by atoms with van der Waals surface area (Å²) in [6.07, 6.45) is 0. The van der Waals surface area contributed by atoms with Crippen LogP contribution >= 0.6 is 0 Å². The first-order chi connectivity index (χ1) is 8.95. The van der Waals surface area contributed by atoms with Gasteiger partial charge in [0, 0.05) is 5.46 Å². The molecule has 0 N–H and O–H groups in total. The zero-order chi connectivity index (χ0) is 14.0. The molecule has 0 saturated carbocycles. The van der Waals surface area contributed by atoms with Gasteiger partial charge in [-0.05, 0) is 26.8 Å². The van der Waals surface area contributed by atoms with Gasteiger partial charge in [-0.2, -0.15) is 0 Å². The van der Waals surface area contributed by atoms with Crippen LogP contribution in [0.5, 0.6) is 0 Å². The minimum Gasteiger partial charge on any atom is -0.534 e. The van der Waals surface area contributed by atoms with E-state index in [0.29, 0.717) is 23.4 Å². The fraction of sp³-hybridized carbons (Fsp3) is 0.357. The van der Waals surface area contributed by atoms with Crippen molar-refractivity contribution in [3.05, 3.63) is 42.2 Å². The Hall–Kier alpha value is -1.75. The lowest BCUT2D eigenvalue weighted by molar-refractivity contribution is 0.0527. The Balaban J connectivity index is 2.31. The first-order valence-corrected chi connectivity index (χ1v) is 6.25. The topological polar surface area (TPSA) is 44.8 Å². The molecule has 1 aromatic rings. The van der Waals surface area contributed by atoms with Gasteiger partial charge in [0.05, 0.1) is 17.9 Å². The lowest BCUT2D eigenvalue weighted by atomic mass is 9.76. The molecule has 0 bridgehead atoms. The SMILES string of the molecule is C=C1OB(c2ccccc2C(=O)OCC)OC1(C)C. The zero-order valence-electron chi connectivity index (χ0n) is 11.4. The normalized spacial score (nSPS) is 17.2. The first-order valence-electron chi connectivity index (χ1n) is 6.25. The molecule has 0 radical (unpaired) electrons. The van der Waals surface area contributed by atoms with E-state index in [-0.39, 0.29) is 5.97 Å². The summed E-state index contributed by atoms with van der Waals surface area (Å²) < 4.78 is 16.4. The minimum absolute atomic E-state index is 0.331. The van der Waals surface area contributed by atoms with Gasteiger partial charge in [0.1, 0.15) is 5.60 Å². The molecule has 1 fully saturated rings. The molecular weight excluding hydrogens is 243 g/mol. The molecule has 1 aromatic carbocycles. The van der Waals surface area contributed by atoms with Gasteiger partial charge < -0.3 is 14.0 Å². The number of hydrogen-bond donors (Lipinski definition) is 0. The van der Waals surface area contributed by atoms with Crippen LogP contribution in [0.3, 0.4) is 0 Å². The Bertz CT molecular complexity index is 510. The van der Waals surface area contributed by atoms with E-state index in [9.17, 15) is 4.79 Å². The number of benzene rings is 1. The van der Waals surface area contributed by atoms with Gasteiger partial charge in [-0.3, -0.25) is 0 Å². The van der Waals surface area contributed by atoms with E-state index in [2.05, 4.69) is 6.58 Å². The summed E-state index contributed by atoms with van der Waals surface area (Å²) in [5, 5.41) is 0. The summed E-state index contributed by atoms with van der Waals surface area (Å²) in [4.78, 5) is 11.9. The Morgan fingerprint density at radius 1 is 1.42 bits per heavy atom. The van der Waals surface area contributed by atoms with Crippen molar-refractivity contribution in [2.75, 3.05) is 6.61 Å². The van der Waals surface area contributed by atoms with Crippen molar-refractivity contribution < 1.29 is 18.8 Å². The highest BCUT2D eigenvalue weighted by molar-refractivity contribution is 6.63. The van der Waals surface area contributed by atoms with Crippen molar-refractivity contribution in [2.45, 2.75) is 26.4 Å².